The molecule has 0 atom stereocenters. The van der Waals surface area contributed by atoms with E-state index in [1.807, 2.05) is 0 Å². The van der Waals surface area contributed by atoms with Crippen molar-refractivity contribution in [1.29, 1.82) is 0 Å². The van der Waals surface area contributed by atoms with Gasteiger partial charge in [0, 0.05) is 16.5 Å². The molecule has 0 aliphatic heterocycles. The molecule has 2 aromatic heterocycles. The van der Waals surface area contributed by atoms with Crippen molar-refractivity contribution in [2.75, 3.05) is 0 Å². The van der Waals surface area contributed by atoms with Crippen molar-refractivity contribution < 1.29 is 30.8 Å². The second-order valence-electron chi connectivity index (χ2n) is 6.76. The fourth-order valence-corrected chi connectivity index (χ4v) is 3.09. The van der Waals surface area contributed by atoms with E-state index < -0.39 is 30.9 Å². The molecule has 0 bridgehead atoms. The summed E-state index contributed by atoms with van der Waals surface area (Å²) in [4.78, 5) is 12.1. The van der Waals surface area contributed by atoms with Gasteiger partial charge in [-0.1, -0.05) is 18.2 Å². The highest BCUT2D eigenvalue weighted by Gasteiger charge is 2.34. The summed E-state index contributed by atoms with van der Waals surface area (Å²) in [5.74, 6) is -1.19. The smallest absolute Gasteiger partial charge is 0.490 e. The predicted molar refractivity (Wildman–Crippen MR) is 112 cm³/mol. The number of nitrogens with zero attached hydrogens (tertiary/aromatic N) is 3. The first-order valence-electron chi connectivity index (χ1n) is 9.44. The highest BCUT2D eigenvalue weighted by Crippen LogP contribution is 2.37. The molecule has 0 aliphatic rings. The van der Waals surface area contributed by atoms with E-state index in [0.717, 1.165) is 30.3 Å². The molecule has 0 radical (unpaired) electrons. The molecule has 33 heavy (non-hydrogen) atoms. The molecule has 4 rings (SSSR count). The molecule has 4 aromatic rings. The summed E-state index contributed by atoms with van der Waals surface area (Å²) >= 11 is 0. The van der Waals surface area contributed by atoms with Crippen LogP contribution in [0.1, 0.15) is 11.1 Å². The zero-order valence-electron chi connectivity index (χ0n) is 16.5. The molecule has 2 aromatic carbocycles. The summed E-state index contributed by atoms with van der Waals surface area (Å²) in [5.41, 5.74) is -0.929. The van der Waals surface area contributed by atoms with Crippen LogP contribution in [0.25, 0.3) is 22.3 Å². The molecule has 0 aliphatic carbocycles. The van der Waals surface area contributed by atoms with Crippen LogP contribution >= 0.6 is 0 Å². The lowest BCUT2D eigenvalue weighted by atomic mass is 10.1. The number of aromatic nitrogens is 2. The Hall–Kier alpha value is -3.89. The Morgan fingerprint density at radius 1 is 0.879 bits per heavy atom. The minimum Gasteiger partial charge on any atom is -0.490 e. The molecule has 0 saturated carbocycles. The Kier molecular flexibility index (Phi) is 6.04. The van der Waals surface area contributed by atoms with Crippen molar-refractivity contribution >= 4 is 30.2 Å². The van der Waals surface area contributed by atoms with Crippen LogP contribution in [0.2, 0.25) is 0 Å². The van der Waals surface area contributed by atoms with Crippen LogP contribution in [-0.2, 0) is 10.8 Å². The van der Waals surface area contributed by atoms with Gasteiger partial charge in [0.05, 0.1) is 11.3 Å². The van der Waals surface area contributed by atoms with Crippen LogP contribution in [0.3, 0.4) is 0 Å². The maximum Gasteiger partial charge on any atom is 0.797 e. The minimum absolute atomic E-state index is 0.0874. The number of halogens is 6. The lowest BCUT2D eigenvalue weighted by Gasteiger charge is -2.13. The largest absolute Gasteiger partial charge is 0.797 e. The molecule has 166 valence electrons. The van der Waals surface area contributed by atoms with Crippen LogP contribution in [0.5, 0.6) is 0 Å². The second kappa shape index (κ2) is 8.93. The highest BCUT2D eigenvalue weighted by atomic mass is 19.4. The molecule has 11 heteroatoms. The van der Waals surface area contributed by atoms with Crippen LogP contribution in [0.15, 0.2) is 77.8 Å². The molecule has 0 fully saturated rings. The number of fused-ring (bicyclic) bond motifs is 1. The Bertz CT molecular complexity index is 1310. The number of pyridine rings is 2. The van der Waals surface area contributed by atoms with Crippen molar-refractivity contribution in [3.8, 4) is 11.3 Å². The summed E-state index contributed by atoms with van der Waals surface area (Å²) in [6, 6.07) is 15.7. The van der Waals surface area contributed by atoms with Crippen molar-refractivity contribution in [2.24, 2.45) is 4.99 Å². The molecule has 0 saturated heterocycles. The lowest BCUT2D eigenvalue weighted by molar-refractivity contribution is -0.136. The summed E-state index contributed by atoms with van der Waals surface area (Å²) in [6.07, 6.45) is -4.73. The molecule has 0 N–H and O–H groups in total. The average molecular weight is 459 g/mol. The Morgan fingerprint density at radius 2 is 1.58 bits per heavy atom. The van der Waals surface area contributed by atoms with Gasteiger partial charge in [0.2, 0.25) is 5.90 Å². The van der Waals surface area contributed by atoms with E-state index in [4.69, 9.17) is 0 Å². The third-order valence-corrected chi connectivity index (χ3v) is 4.54. The molecule has 0 amide bonds. The maximum absolute atomic E-state index is 13.7. The average Bonchev–Trinajstić information content (AvgIpc) is 2.78. The first-order valence-corrected chi connectivity index (χ1v) is 9.44. The predicted octanol–water partition coefficient (Wildman–Crippen LogP) is 6.47. The van der Waals surface area contributed by atoms with Gasteiger partial charge < -0.3 is 4.65 Å². The Balaban J connectivity index is 1.88. The summed E-state index contributed by atoms with van der Waals surface area (Å²) in [7, 11) is -3.18. The standard InChI is InChI=1S/C22H12BF6N3O/c24-15-8-6-13(7-9-15)18-12-17(22(25,26)27)16-10-11-19(31-20(16)30-18)32-21(33-23(28)29)14-4-2-1-3-5-14/h1-12H. The monoisotopic (exact) mass is 459 g/mol. The van der Waals surface area contributed by atoms with E-state index in [1.54, 1.807) is 18.2 Å². The van der Waals surface area contributed by atoms with Gasteiger partial charge in [0.25, 0.3) is 0 Å². The van der Waals surface area contributed by atoms with E-state index in [2.05, 4.69) is 19.6 Å². The van der Waals surface area contributed by atoms with Crippen LogP contribution in [-0.4, -0.2) is 23.3 Å². The number of aliphatic imine (C=N–C) groups is 1. The number of alkyl halides is 3. The third-order valence-electron chi connectivity index (χ3n) is 4.54. The quantitative estimate of drug-likeness (QED) is 0.152. The summed E-state index contributed by atoms with van der Waals surface area (Å²) in [6.45, 7) is 0. The van der Waals surface area contributed by atoms with Crippen molar-refractivity contribution in [1.82, 2.24) is 9.97 Å². The number of rotatable bonds is 4. The van der Waals surface area contributed by atoms with E-state index >= 15 is 0 Å². The second-order valence-corrected chi connectivity index (χ2v) is 6.76. The number of benzene rings is 2. The SMILES string of the molecule is FB(F)OC(=Nc1ccc2c(C(F)(F)F)cc(-c3ccc(F)cc3)nc2n1)c1ccccc1. The van der Waals surface area contributed by atoms with Gasteiger partial charge in [0.1, 0.15) is 5.82 Å². The van der Waals surface area contributed by atoms with Crippen molar-refractivity contribution in [3.63, 3.8) is 0 Å². The first-order chi connectivity index (χ1) is 15.7. The molecule has 2 heterocycles. The zero-order chi connectivity index (χ0) is 23.6. The van der Waals surface area contributed by atoms with Gasteiger partial charge in [-0.25, -0.2) is 23.0 Å². The summed E-state index contributed by atoms with van der Waals surface area (Å²) < 4.78 is 84.6. The fraction of sp³-hybridized carbons (Fsp3) is 0.0455. The number of hydrogen-bond donors (Lipinski definition) is 0. The zero-order valence-corrected chi connectivity index (χ0v) is 16.5. The normalized spacial score (nSPS) is 12.1. The number of hydrogen-bond acceptors (Lipinski definition) is 4. The lowest BCUT2D eigenvalue weighted by Crippen LogP contribution is -2.14. The van der Waals surface area contributed by atoms with E-state index in [1.165, 1.54) is 24.3 Å². The van der Waals surface area contributed by atoms with E-state index in [9.17, 15) is 26.2 Å². The highest BCUT2D eigenvalue weighted by molar-refractivity contribution is 6.38. The van der Waals surface area contributed by atoms with Gasteiger partial charge >= 0.3 is 13.6 Å². The maximum atomic E-state index is 13.7. The Morgan fingerprint density at radius 3 is 2.21 bits per heavy atom. The molecule has 0 spiro atoms. The van der Waals surface area contributed by atoms with Crippen LogP contribution < -0.4 is 0 Å². The molecule has 0 unspecified atom stereocenters. The van der Waals surface area contributed by atoms with Gasteiger partial charge in [0.15, 0.2) is 11.5 Å². The van der Waals surface area contributed by atoms with Gasteiger partial charge in [-0.05, 0) is 54.6 Å². The fourth-order valence-electron chi connectivity index (χ4n) is 3.09. The van der Waals surface area contributed by atoms with E-state index in [0.29, 0.717) is 0 Å². The molecule has 4 nitrogen and oxygen atoms in total. The topological polar surface area (TPSA) is 47.4 Å². The Labute approximate surface area is 183 Å². The minimum atomic E-state index is -4.73. The van der Waals surface area contributed by atoms with Gasteiger partial charge in [-0.3, -0.25) is 0 Å². The van der Waals surface area contributed by atoms with Gasteiger partial charge in [-0.15, -0.1) is 0 Å². The third kappa shape index (κ3) is 5.13. The molecular weight excluding hydrogens is 447 g/mol. The van der Waals surface area contributed by atoms with Crippen molar-refractivity contribution in [3.05, 3.63) is 89.7 Å². The van der Waals surface area contributed by atoms with Crippen LogP contribution in [0.4, 0.5) is 32.0 Å². The van der Waals surface area contributed by atoms with E-state index in [-0.39, 0.29) is 33.7 Å². The first kappa shape index (κ1) is 22.3. The summed E-state index contributed by atoms with van der Waals surface area (Å²) in [5, 5.41) is -0.302. The van der Waals surface area contributed by atoms with Crippen LogP contribution in [0, 0.1) is 5.82 Å². The molecular formula is C22H12BF6N3O. The van der Waals surface area contributed by atoms with Crippen molar-refractivity contribution in [2.45, 2.75) is 6.18 Å². The van der Waals surface area contributed by atoms with Gasteiger partial charge in [-0.2, -0.15) is 18.2 Å².